The van der Waals surface area contributed by atoms with E-state index in [1.807, 2.05) is 38.2 Å². The third-order valence-electron chi connectivity index (χ3n) is 3.50. The van der Waals surface area contributed by atoms with Gasteiger partial charge in [-0.2, -0.15) is 0 Å². The molecule has 0 aliphatic heterocycles. The van der Waals surface area contributed by atoms with E-state index in [0.29, 0.717) is 12.1 Å². The molecular weight excluding hydrogens is 268 g/mol. The quantitative estimate of drug-likeness (QED) is 0.766. The second kappa shape index (κ2) is 8.42. The number of nitrogens with one attached hydrogen (secondary N) is 1. The molecule has 1 amide bonds. The zero-order chi connectivity index (χ0) is 15.8. The maximum atomic E-state index is 12.7. The van der Waals surface area contributed by atoms with Crippen molar-refractivity contribution in [3.8, 4) is 0 Å². The van der Waals surface area contributed by atoms with Gasteiger partial charge in [-0.25, -0.2) is 0 Å². The van der Waals surface area contributed by atoms with Gasteiger partial charge in [0.05, 0.1) is 6.42 Å². The lowest BCUT2D eigenvalue weighted by Crippen LogP contribution is -2.40. The van der Waals surface area contributed by atoms with E-state index < -0.39 is 5.97 Å². The number of carboxylic acid groups (broad SMARTS) is 1. The molecule has 0 saturated heterocycles. The largest absolute Gasteiger partial charge is 0.481 e. The molecule has 0 heterocycles. The van der Waals surface area contributed by atoms with Crippen molar-refractivity contribution in [3.63, 3.8) is 0 Å². The number of amides is 1. The van der Waals surface area contributed by atoms with Crippen LogP contribution < -0.4 is 5.32 Å². The number of aliphatic carboxylic acids is 1. The number of benzene rings is 1. The van der Waals surface area contributed by atoms with Crippen LogP contribution in [0, 0.1) is 0 Å². The van der Waals surface area contributed by atoms with Crippen LogP contribution in [0.4, 0.5) is 0 Å². The Bertz CT molecular complexity index is 488. The average Bonchev–Trinajstić information content (AvgIpc) is 2.45. The second-order valence-electron chi connectivity index (χ2n) is 5.05. The number of hydrogen-bond donors (Lipinski definition) is 2. The van der Waals surface area contributed by atoms with Crippen molar-refractivity contribution >= 4 is 11.9 Å². The smallest absolute Gasteiger partial charge is 0.305 e. The standard InChI is InChI=1S/C16H24N2O3/c1-4-18(12(2)11-15(19)20)16(21)14-8-6-5-7-13(14)9-10-17-3/h5-8,12,17H,4,9-11H2,1-3H3,(H,19,20). The molecule has 0 aromatic heterocycles. The Morgan fingerprint density at radius 1 is 1.33 bits per heavy atom. The summed E-state index contributed by atoms with van der Waals surface area (Å²) in [6, 6.07) is 7.19. The van der Waals surface area contributed by atoms with E-state index in [0.717, 1.165) is 18.5 Å². The summed E-state index contributed by atoms with van der Waals surface area (Å²) in [6.07, 6.45) is 0.724. The average molecular weight is 292 g/mol. The van der Waals surface area contributed by atoms with E-state index >= 15 is 0 Å². The molecule has 0 aliphatic carbocycles. The van der Waals surface area contributed by atoms with Crippen molar-refractivity contribution in [3.05, 3.63) is 35.4 Å². The predicted molar refractivity (Wildman–Crippen MR) is 82.5 cm³/mol. The molecule has 1 aromatic rings. The van der Waals surface area contributed by atoms with Gasteiger partial charge in [0.15, 0.2) is 0 Å². The molecule has 0 aliphatic rings. The predicted octanol–water partition coefficient (Wildman–Crippen LogP) is 1.77. The van der Waals surface area contributed by atoms with Gasteiger partial charge in [-0.05, 0) is 45.5 Å². The third kappa shape index (κ3) is 4.86. The molecule has 1 aromatic carbocycles. The first-order valence-corrected chi connectivity index (χ1v) is 7.26. The zero-order valence-electron chi connectivity index (χ0n) is 12.9. The lowest BCUT2D eigenvalue weighted by atomic mass is 10.0. The topological polar surface area (TPSA) is 69.6 Å². The van der Waals surface area contributed by atoms with Crippen LogP contribution in [0.2, 0.25) is 0 Å². The number of carboxylic acids is 1. The molecule has 0 spiro atoms. The molecule has 0 bridgehead atoms. The van der Waals surface area contributed by atoms with Gasteiger partial charge in [-0.3, -0.25) is 9.59 Å². The summed E-state index contributed by atoms with van der Waals surface area (Å²) in [4.78, 5) is 25.2. The highest BCUT2D eigenvalue weighted by molar-refractivity contribution is 5.96. The number of likely N-dealkylation sites (N-methyl/N-ethyl adjacent to an activating group) is 1. The van der Waals surface area contributed by atoms with Crippen LogP contribution >= 0.6 is 0 Å². The Balaban J connectivity index is 2.96. The Morgan fingerprint density at radius 3 is 2.57 bits per heavy atom. The first-order chi connectivity index (χ1) is 10.0. The van der Waals surface area contributed by atoms with Crippen LogP contribution in [-0.2, 0) is 11.2 Å². The molecule has 21 heavy (non-hydrogen) atoms. The van der Waals surface area contributed by atoms with Gasteiger partial charge < -0.3 is 15.3 Å². The summed E-state index contributed by atoms with van der Waals surface area (Å²) in [5.74, 6) is -0.991. The van der Waals surface area contributed by atoms with Crippen molar-refractivity contribution in [1.29, 1.82) is 0 Å². The highest BCUT2D eigenvalue weighted by atomic mass is 16.4. The first-order valence-electron chi connectivity index (χ1n) is 7.26. The third-order valence-corrected chi connectivity index (χ3v) is 3.50. The second-order valence-corrected chi connectivity index (χ2v) is 5.05. The number of nitrogens with zero attached hydrogens (tertiary/aromatic N) is 1. The Labute approximate surface area is 126 Å². The molecule has 1 unspecified atom stereocenters. The van der Waals surface area contributed by atoms with E-state index in [-0.39, 0.29) is 18.4 Å². The van der Waals surface area contributed by atoms with Crippen LogP contribution in [0.5, 0.6) is 0 Å². The maximum Gasteiger partial charge on any atom is 0.305 e. The molecule has 5 heteroatoms. The lowest BCUT2D eigenvalue weighted by molar-refractivity contribution is -0.138. The van der Waals surface area contributed by atoms with Gasteiger partial charge in [0.1, 0.15) is 0 Å². The van der Waals surface area contributed by atoms with Crippen LogP contribution in [0.1, 0.15) is 36.2 Å². The fourth-order valence-corrected chi connectivity index (χ4v) is 2.38. The van der Waals surface area contributed by atoms with Crippen LogP contribution in [0.3, 0.4) is 0 Å². The van der Waals surface area contributed by atoms with Gasteiger partial charge in [0.2, 0.25) is 0 Å². The molecule has 1 atom stereocenters. The number of rotatable bonds is 8. The molecule has 0 fully saturated rings. The highest BCUT2D eigenvalue weighted by Gasteiger charge is 2.23. The minimum atomic E-state index is -0.891. The monoisotopic (exact) mass is 292 g/mol. The fourth-order valence-electron chi connectivity index (χ4n) is 2.38. The normalized spacial score (nSPS) is 12.0. The lowest BCUT2D eigenvalue weighted by Gasteiger charge is -2.28. The molecule has 5 nitrogen and oxygen atoms in total. The van der Waals surface area contributed by atoms with E-state index in [1.165, 1.54) is 0 Å². The van der Waals surface area contributed by atoms with Gasteiger partial charge in [0, 0.05) is 18.2 Å². The van der Waals surface area contributed by atoms with Crippen molar-refractivity contribution in [2.45, 2.75) is 32.7 Å². The fraction of sp³-hybridized carbons (Fsp3) is 0.500. The first kappa shape index (κ1) is 17.2. The molecule has 2 N–H and O–H groups in total. The van der Waals surface area contributed by atoms with E-state index in [2.05, 4.69) is 5.32 Å². The highest BCUT2D eigenvalue weighted by Crippen LogP contribution is 2.15. The van der Waals surface area contributed by atoms with Crippen LogP contribution in [0.15, 0.2) is 24.3 Å². The van der Waals surface area contributed by atoms with Crippen molar-refractivity contribution in [2.75, 3.05) is 20.1 Å². The summed E-state index contributed by atoms with van der Waals surface area (Å²) in [5, 5.41) is 12.0. The molecule has 0 saturated carbocycles. The number of hydrogen-bond acceptors (Lipinski definition) is 3. The zero-order valence-corrected chi connectivity index (χ0v) is 12.9. The van der Waals surface area contributed by atoms with Gasteiger partial charge in [0.25, 0.3) is 5.91 Å². The summed E-state index contributed by atoms with van der Waals surface area (Å²) < 4.78 is 0. The summed E-state index contributed by atoms with van der Waals surface area (Å²) >= 11 is 0. The van der Waals surface area contributed by atoms with Crippen molar-refractivity contribution in [2.24, 2.45) is 0 Å². The minimum absolute atomic E-state index is 0.0434. The Morgan fingerprint density at radius 2 is 2.00 bits per heavy atom. The van der Waals surface area contributed by atoms with Gasteiger partial charge in [-0.1, -0.05) is 18.2 Å². The van der Waals surface area contributed by atoms with Crippen LogP contribution in [-0.4, -0.2) is 48.1 Å². The van der Waals surface area contributed by atoms with Gasteiger partial charge in [-0.15, -0.1) is 0 Å². The van der Waals surface area contributed by atoms with Gasteiger partial charge >= 0.3 is 5.97 Å². The molecular formula is C16H24N2O3. The maximum absolute atomic E-state index is 12.7. The molecule has 0 radical (unpaired) electrons. The van der Waals surface area contributed by atoms with Crippen molar-refractivity contribution < 1.29 is 14.7 Å². The molecule has 116 valence electrons. The van der Waals surface area contributed by atoms with E-state index in [9.17, 15) is 9.59 Å². The van der Waals surface area contributed by atoms with Crippen LogP contribution in [0.25, 0.3) is 0 Å². The Kier molecular flexibility index (Phi) is 6.88. The minimum Gasteiger partial charge on any atom is -0.481 e. The summed E-state index contributed by atoms with van der Waals surface area (Å²) in [6.45, 7) is 4.92. The molecule has 1 rings (SSSR count). The number of carbonyl (C=O) groups excluding carboxylic acids is 1. The van der Waals surface area contributed by atoms with E-state index in [4.69, 9.17) is 5.11 Å². The van der Waals surface area contributed by atoms with Crippen molar-refractivity contribution in [1.82, 2.24) is 10.2 Å². The summed E-state index contributed by atoms with van der Waals surface area (Å²) in [5.41, 5.74) is 1.64. The SMILES string of the molecule is CCN(C(=O)c1ccccc1CCNC)C(C)CC(=O)O. The summed E-state index contributed by atoms with van der Waals surface area (Å²) in [7, 11) is 1.87. The number of carbonyl (C=O) groups is 2. The Hall–Kier alpha value is -1.88. The van der Waals surface area contributed by atoms with E-state index in [1.54, 1.807) is 11.8 Å².